The minimum absolute atomic E-state index is 0.170. The minimum Gasteiger partial charge on any atom is -0.457 e. The van der Waals surface area contributed by atoms with Crippen molar-refractivity contribution in [3.8, 4) is 0 Å². The van der Waals surface area contributed by atoms with Crippen molar-refractivity contribution in [2.24, 2.45) is 0 Å². The lowest BCUT2D eigenvalue weighted by Gasteiger charge is -2.18. The molecule has 2 rings (SSSR count). The van der Waals surface area contributed by atoms with Gasteiger partial charge in [-0.1, -0.05) is 24.3 Å². The zero-order chi connectivity index (χ0) is 14.0. The first kappa shape index (κ1) is 13.7. The highest BCUT2D eigenvalue weighted by Crippen LogP contribution is 2.29. The van der Waals surface area contributed by atoms with Crippen molar-refractivity contribution in [2.45, 2.75) is 45.8 Å². The van der Waals surface area contributed by atoms with Crippen molar-refractivity contribution in [1.29, 1.82) is 0 Å². The van der Waals surface area contributed by atoms with E-state index in [2.05, 4.69) is 30.4 Å². The predicted molar refractivity (Wildman–Crippen MR) is 77.3 cm³/mol. The van der Waals surface area contributed by atoms with Gasteiger partial charge in [-0.2, -0.15) is 0 Å². The lowest BCUT2D eigenvalue weighted by Crippen LogP contribution is -2.23. The summed E-state index contributed by atoms with van der Waals surface area (Å²) in [6.07, 6.45) is 4.31. The van der Waals surface area contributed by atoms with Crippen LogP contribution in [-0.2, 0) is 16.0 Å². The second kappa shape index (κ2) is 5.08. The highest BCUT2D eigenvalue weighted by molar-refractivity contribution is 5.82. The van der Waals surface area contributed by atoms with Crippen LogP contribution in [0.3, 0.4) is 0 Å². The Balaban J connectivity index is 1.97. The normalized spacial score (nSPS) is 18.2. The fourth-order valence-electron chi connectivity index (χ4n) is 2.23. The number of benzene rings is 1. The quantitative estimate of drug-likeness (QED) is 0.654. The van der Waals surface area contributed by atoms with Gasteiger partial charge in [0.15, 0.2) is 0 Å². The van der Waals surface area contributed by atoms with Gasteiger partial charge in [-0.3, -0.25) is 0 Å². The summed E-state index contributed by atoms with van der Waals surface area (Å²) in [6, 6.07) is 6.45. The van der Waals surface area contributed by atoms with Gasteiger partial charge in [0, 0.05) is 17.8 Å². The first-order valence-corrected chi connectivity index (χ1v) is 6.61. The maximum Gasteiger partial charge on any atom is 0.331 e. The molecular formula is C16H21NO2. The Kier molecular flexibility index (Phi) is 3.65. The van der Waals surface area contributed by atoms with Gasteiger partial charge in [0.05, 0.1) is 0 Å². The lowest BCUT2D eigenvalue weighted by molar-refractivity contribution is -0.148. The molecule has 3 heteroatoms. The summed E-state index contributed by atoms with van der Waals surface area (Å²) in [7, 11) is 0. The second-order valence-electron chi connectivity index (χ2n) is 5.96. The molecule has 1 aromatic carbocycles. The van der Waals surface area contributed by atoms with E-state index in [1.807, 2.05) is 26.8 Å². The maximum atomic E-state index is 11.6. The molecule has 0 spiro atoms. The molecule has 102 valence electrons. The number of carbonyl (C=O) groups is 1. The van der Waals surface area contributed by atoms with E-state index in [4.69, 9.17) is 4.74 Å². The Labute approximate surface area is 114 Å². The van der Waals surface area contributed by atoms with E-state index in [1.165, 1.54) is 22.9 Å². The third-order valence-corrected chi connectivity index (χ3v) is 3.00. The monoisotopic (exact) mass is 259 g/mol. The third-order valence-electron chi connectivity index (χ3n) is 3.00. The van der Waals surface area contributed by atoms with Gasteiger partial charge in [-0.25, -0.2) is 4.79 Å². The zero-order valence-electron chi connectivity index (χ0n) is 12.0. The Hall–Kier alpha value is -1.77. The molecule has 0 radical (unpaired) electrons. The second-order valence-corrected chi connectivity index (χ2v) is 5.96. The van der Waals surface area contributed by atoms with Gasteiger partial charge in [0.1, 0.15) is 5.60 Å². The van der Waals surface area contributed by atoms with Crippen LogP contribution >= 0.6 is 0 Å². The molecule has 0 saturated carbocycles. The number of fused-ring (bicyclic) bond motifs is 1. The third kappa shape index (κ3) is 3.60. The molecule has 19 heavy (non-hydrogen) atoms. The van der Waals surface area contributed by atoms with Crippen LogP contribution in [0.15, 0.2) is 30.4 Å². The van der Waals surface area contributed by atoms with Crippen molar-refractivity contribution in [3.63, 3.8) is 0 Å². The molecule has 0 saturated heterocycles. The summed E-state index contributed by atoms with van der Waals surface area (Å²) in [6.45, 7) is 7.69. The summed E-state index contributed by atoms with van der Waals surface area (Å²) < 4.78 is 5.24. The van der Waals surface area contributed by atoms with Crippen LogP contribution in [0.1, 0.15) is 31.9 Å². The summed E-state index contributed by atoms with van der Waals surface area (Å²) in [5, 5.41) is 3.43. The number of hydrogen-bond donors (Lipinski definition) is 1. The van der Waals surface area contributed by atoms with E-state index in [1.54, 1.807) is 0 Å². The summed E-state index contributed by atoms with van der Waals surface area (Å²) >= 11 is 0. The average molecular weight is 259 g/mol. The first-order chi connectivity index (χ1) is 8.85. The molecule has 1 heterocycles. The van der Waals surface area contributed by atoms with Crippen LogP contribution in [-0.4, -0.2) is 17.6 Å². The molecule has 1 N–H and O–H groups in total. The number of para-hydroxylation sites is 1. The summed E-state index contributed by atoms with van der Waals surface area (Å²) in [4.78, 5) is 11.6. The molecule has 1 aliphatic heterocycles. The number of anilines is 1. The van der Waals surface area contributed by atoms with Crippen LogP contribution in [0.2, 0.25) is 0 Å². The smallest absolute Gasteiger partial charge is 0.331 e. The van der Waals surface area contributed by atoms with Crippen LogP contribution in [0.25, 0.3) is 0 Å². The molecule has 3 nitrogen and oxygen atoms in total. The van der Waals surface area contributed by atoms with Gasteiger partial charge in [0.25, 0.3) is 0 Å². The molecule has 0 unspecified atom stereocenters. The molecule has 0 fully saturated rings. The molecule has 0 bridgehead atoms. The Morgan fingerprint density at radius 1 is 1.42 bits per heavy atom. The van der Waals surface area contributed by atoms with Crippen molar-refractivity contribution in [3.05, 3.63) is 41.5 Å². The SMILES string of the molecule is Cc1cccc2c1N[C@@H](/C=C/C(=O)OC(C)(C)C)C2. The van der Waals surface area contributed by atoms with Crippen molar-refractivity contribution in [1.82, 2.24) is 0 Å². The number of carbonyl (C=O) groups excluding carboxylic acids is 1. The Morgan fingerprint density at radius 3 is 2.79 bits per heavy atom. The highest BCUT2D eigenvalue weighted by atomic mass is 16.6. The van der Waals surface area contributed by atoms with Crippen molar-refractivity contribution in [2.75, 3.05) is 5.32 Å². The Morgan fingerprint density at radius 2 is 2.16 bits per heavy atom. The number of hydrogen-bond acceptors (Lipinski definition) is 3. The van der Waals surface area contributed by atoms with E-state index in [9.17, 15) is 4.79 Å². The van der Waals surface area contributed by atoms with Crippen molar-refractivity contribution < 1.29 is 9.53 Å². The Bertz CT molecular complexity index is 512. The topological polar surface area (TPSA) is 38.3 Å². The fourth-order valence-corrected chi connectivity index (χ4v) is 2.23. The van der Waals surface area contributed by atoms with Crippen LogP contribution < -0.4 is 5.32 Å². The molecule has 0 amide bonds. The van der Waals surface area contributed by atoms with E-state index >= 15 is 0 Å². The predicted octanol–water partition coefficient (Wildman–Crippen LogP) is 3.23. The van der Waals surface area contributed by atoms with Gasteiger partial charge >= 0.3 is 5.97 Å². The molecule has 1 atom stereocenters. The van der Waals surface area contributed by atoms with Crippen LogP contribution in [0.4, 0.5) is 5.69 Å². The number of esters is 1. The first-order valence-electron chi connectivity index (χ1n) is 6.61. The number of aryl methyl sites for hydroxylation is 1. The standard InChI is InChI=1S/C16H21NO2/c1-11-6-5-7-12-10-13(17-15(11)12)8-9-14(18)19-16(2,3)4/h5-9,13,17H,10H2,1-4H3/b9-8+/t13-/m0/s1. The van der Waals surface area contributed by atoms with Gasteiger partial charge < -0.3 is 10.1 Å². The van der Waals surface area contributed by atoms with Crippen molar-refractivity contribution >= 4 is 11.7 Å². The van der Waals surface area contributed by atoms with E-state index < -0.39 is 5.60 Å². The van der Waals surface area contributed by atoms with Gasteiger partial charge in [-0.05, 0) is 45.2 Å². The van der Waals surface area contributed by atoms with E-state index in [0.29, 0.717) is 0 Å². The molecule has 0 aromatic heterocycles. The number of rotatable bonds is 2. The number of ether oxygens (including phenoxy) is 1. The summed E-state index contributed by atoms with van der Waals surface area (Å²) in [5.74, 6) is -0.290. The molecule has 1 aliphatic rings. The summed E-state index contributed by atoms with van der Waals surface area (Å²) in [5.41, 5.74) is 3.30. The van der Waals surface area contributed by atoms with E-state index in [-0.39, 0.29) is 12.0 Å². The molecular weight excluding hydrogens is 238 g/mol. The maximum absolute atomic E-state index is 11.6. The van der Waals surface area contributed by atoms with E-state index in [0.717, 1.165) is 6.42 Å². The van der Waals surface area contributed by atoms with Crippen LogP contribution in [0, 0.1) is 6.92 Å². The van der Waals surface area contributed by atoms with Crippen LogP contribution in [0.5, 0.6) is 0 Å². The number of nitrogens with one attached hydrogen (secondary N) is 1. The lowest BCUT2D eigenvalue weighted by atomic mass is 10.1. The highest BCUT2D eigenvalue weighted by Gasteiger charge is 2.20. The minimum atomic E-state index is -0.440. The zero-order valence-corrected chi connectivity index (χ0v) is 12.0. The van der Waals surface area contributed by atoms with Gasteiger partial charge in [0.2, 0.25) is 0 Å². The fraction of sp³-hybridized carbons (Fsp3) is 0.438. The average Bonchev–Trinajstić information content (AvgIpc) is 2.68. The van der Waals surface area contributed by atoms with Gasteiger partial charge in [-0.15, -0.1) is 0 Å². The largest absolute Gasteiger partial charge is 0.457 e. The molecule has 0 aliphatic carbocycles. The molecule has 1 aromatic rings.